The maximum absolute atomic E-state index is 11.4. The number of carboxylic acids is 2. The van der Waals surface area contributed by atoms with Crippen LogP contribution in [0.4, 0.5) is 0 Å². The zero-order valence-electron chi connectivity index (χ0n) is 11.2. The molecule has 4 heteroatoms. The van der Waals surface area contributed by atoms with E-state index in [-0.39, 0.29) is 28.9 Å². The molecule has 0 fully saturated rings. The average Bonchev–Trinajstić information content (AvgIpc) is 2.20. The smallest absolute Gasteiger partial charge is 0.332 e. The van der Waals surface area contributed by atoms with E-state index in [1.165, 1.54) is 0 Å². The number of rotatable bonds is 3. The van der Waals surface area contributed by atoms with Crippen molar-refractivity contribution in [3.05, 3.63) is 22.8 Å². The highest BCUT2D eigenvalue weighted by Gasteiger charge is 2.37. The molecule has 1 rings (SSSR count). The van der Waals surface area contributed by atoms with E-state index in [0.717, 1.165) is 5.57 Å². The van der Waals surface area contributed by atoms with Crippen molar-refractivity contribution in [2.45, 2.75) is 34.1 Å². The minimum Gasteiger partial charge on any atom is -0.478 e. The molecule has 0 aromatic carbocycles. The van der Waals surface area contributed by atoms with Crippen LogP contribution >= 0.6 is 0 Å². The van der Waals surface area contributed by atoms with E-state index in [2.05, 4.69) is 0 Å². The van der Waals surface area contributed by atoms with Crippen molar-refractivity contribution in [1.29, 1.82) is 0 Å². The fourth-order valence-electron chi connectivity index (χ4n) is 2.59. The second-order valence-electron chi connectivity index (χ2n) is 5.29. The van der Waals surface area contributed by atoms with Gasteiger partial charge < -0.3 is 10.2 Å². The molecule has 0 heterocycles. The van der Waals surface area contributed by atoms with Gasteiger partial charge in [0, 0.05) is 5.92 Å². The van der Waals surface area contributed by atoms with Gasteiger partial charge in [-0.3, -0.25) is 0 Å². The van der Waals surface area contributed by atoms with Gasteiger partial charge >= 0.3 is 11.9 Å². The molecule has 0 spiro atoms. The third kappa shape index (κ3) is 2.81. The highest BCUT2D eigenvalue weighted by molar-refractivity contribution is 6.00. The van der Waals surface area contributed by atoms with E-state index in [0.29, 0.717) is 6.42 Å². The van der Waals surface area contributed by atoms with E-state index in [1.807, 2.05) is 26.8 Å². The highest BCUT2D eigenvalue weighted by atomic mass is 16.4. The molecule has 1 aliphatic carbocycles. The van der Waals surface area contributed by atoms with Gasteiger partial charge in [-0.2, -0.15) is 0 Å². The Kier molecular flexibility index (Phi) is 4.33. The molecule has 0 saturated heterocycles. The maximum Gasteiger partial charge on any atom is 0.332 e. The topological polar surface area (TPSA) is 74.6 Å². The number of hydrogen-bond acceptors (Lipinski definition) is 2. The van der Waals surface area contributed by atoms with Crippen LogP contribution in [-0.2, 0) is 9.59 Å². The number of carboxylic acid groups (broad SMARTS) is 2. The monoisotopic (exact) mass is 252 g/mol. The van der Waals surface area contributed by atoms with Gasteiger partial charge in [-0.15, -0.1) is 0 Å². The molecule has 2 N–H and O–H groups in total. The summed E-state index contributed by atoms with van der Waals surface area (Å²) in [6, 6.07) is 0. The summed E-state index contributed by atoms with van der Waals surface area (Å²) in [5.74, 6) is -2.59. The molecule has 0 aliphatic heterocycles. The van der Waals surface area contributed by atoms with Crippen LogP contribution in [0.25, 0.3) is 0 Å². The molecule has 0 radical (unpaired) electrons. The van der Waals surface area contributed by atoms with Gasteiger partial charge in [0.15, 0.2) is 0 Å². The molecule has 18 heavy (non-hydrogen) atoms. The molecule has 0 aromatic heterocycles. The number of aliphatic carboxylic acids is 2. The van der Waals surface area contributed by atoms with Gasteiger partial charge in [0.25, 0.3) is 0 Å². The van der Waals surface area contributed by atoms with Crippen molar-refractivity contribution in [3.8, 4) is 0 Å². The second-order valence-corrected chi connectivity index (χ2v) is 5.29. The highest BCUT2D eigenvalue weighted by Crippen LogP contribution is 2.39. The molecule has 1 aliphatic rings. The Morgan fingerprint density at radius 1 is 1.11 bits per heavy atom. The normalized spacial score (nSPS) is 27.9. The summed E-state index contributed by atoms with van der Waals surface area (Å²) in [5.41, 5.74) is 1.11. The zero-order chi connectivity index (χ0) is 14.0. The molecule has 4 nitrogen and oxygen atoms in total. The average molecular weight is 252 g/mol. The summed E-state index contributed by atoms with van der Waals surface area (Å²) in [4.78, 5) is 22.7. The van der Waals surface area contributed by atoms with E-state index in [4.69, 9.17) is 0 Å². The summed E-state index contributed by atoms with van der Waals surface area (Å²) in [6.07, 6.45) is 2.54. The van der Waals surface area contributed by atoms with Crippen molar-refractivity contribution in [2.75, 3.05) is 0 Å². The molecule has 100 valence electrons. The molecule has 3 atom stereocenters. The lowest BCUT2D eigenvalue weighted by Crippen LogP contribution is -2.31. The third-order valence-corrected chi connectivity index (χ3v) is 3.59. The molecule has 3 unspecified atom stereocenters. The number of carbonyl (C=O) groups is 2. The Morgan fingerprint density at radius 2 is 1.61 bits per heavy atom. The first-order valence-electron chi connectivity index (χ1n) is 6.11. The van der Waals surface area contributed by atoms with Crippen LogP contribution in [0.5, 0.6) is 0 Å². The molecule has 0 saturated carbocycles. The first-order chi connectivity index (χ1) is 8.25. The van der Waals surface area contributed by atoms with Gasteiger partial charge in [-0.05, 0) is 32.1 Å². The summed E-state index contributed by atoms with van der Waals surface area (Å²) in [5, 5.41) is 18.6. The summed E-state index contributed by atoms with van der Waals surface area (Å²) in [6.45, 7) is 7.54. The second kappa shape index (κ2) is 5.38. The van der Waals surface area contributed by atoms with Gasteiger partial charge in [-0.25, -0.2) is 9.59 Å². The first-order valence-corrected chi connectivity index (χ1v) is 6.11. The quantitative estimate of drug-likeness (QED) is 0.757. The Hall–Kier alpha value is -1.58. The zero-order valence-corrected chi connectivity index (χ0v) is 11.2. The Morgan fingerprint density at radius 3 is 2.00 bits per heavy atom. The first kappa shape index (κ1) is 14.5. The van der Waals surface area contributed by atoms with Crippen LogP contribution in [0.3, 0.4) is 0 Å². The fourth-order valence-corrected chi connectivity index (χ4v) is 2.59. The van der Waals surface area contributed by atoms with Gasteiger partial charge in [-0.1, -0.05) is 25.5 Å². The van der Waals surface area contributed by atoms with Crippen molar-refractivity contribution in [2.24, 2.45) is 17.8 Å². The number of hydrogen-bond donors (Lipinski definition) is 2. The van der Waals surface area contributed by atoms with Crippen molar-refractivity contribution in [1.82, 2.24) is 0 Å². The lowest BCUT2D eigenvalue weighted by Gasteiger charge is -2.32. The van der Waals surface area contributed by atoms with Crippen LogP contribution in [0.1, 0.15) is 34.1 Å². The predicted molar refractivity (Wildman–Crippen MR) is 68.2 cm³/mol. The van der Waals surface area contributed by atoms with Crippen LogP contribution in [0, 0.1) is 17.8 Å². The summed E-state index contributed by atoms with van der Waals surface area (Å²) in [7, 11) is 0. The molecular formula is C14H20O4. The van der Waals surface area contributed by atoms with Crippen LogP contribution < -0.4 is 0 Å². The van der Waals surface area contributed by atoms with Crippen molar-refractivity contribution < 1.29 is 19.8 Å². The Bertz CT molecular complexity index is 427. The molecule has 0 amide bonds. The lowest BCUT2D eigenvalue weighted by molar-refractivity contribution is -0.137. The largest absolute Gasteiger partial charge is 0.478 e. The molecular weight excluding hydrogens is 232 g/mol. The molecule has 0 bridgehead atoms. The van der Waals surface area contributed by atoms with Crippen LogP contribution in [0.2, 0.25) is 0 Å². The SMILES string of the molecule is CC(C)=CC1CC(C)C(C)C(C(=O)O)=C1C(=O)O. The summed E-state index contributed by atoms with van der Waals surface area (Å²) >= 11 is 0. The van der Waals surface area contributed by atoms with Gasteiger partial charge in [0.05, 0.1) is 11.1 Å². The minimum atomic E-state index is -1.12. The van der Waals surface area contributed by atoms with Gasteiger partial charge in [0.2, 0.25) is 0 Å². The van der Waals surface area contributed by atoms with Crippen molar-refractivity contribution in [3.63, 3.8) is 0 Å². The Labute approximate surface area is 107 Å². The van der Waals surface area contributed by atoms with E-state index in [1.54, 1.807) is 6.92 Å². The summed E-state index contributed by atoms with van der Waals surface area (Å²) < 4.78 is 0. The third-order valence-electron chi connectivity index (χ3n) is 3.59. The lowest BCUT2D eigenvalue weighted by atomic mass is 9.71. The van der Waals surface area contributed by atoms with Gasteiger partial charge in [0.1, 0.15) is 0 Å². The predicted octanol–water partition coefficient (Wildman–Crippen LogP) is 2.71. The fraction of sp³-hybridized carbons (Fsp3) is 0.571. The van der Waals surface area contributed by atoms with E-state index in [9.17, 15) is 19.8 Å². The Balaban J connectivity index is 3.41. The van der Waals surface area contributed by atoms with Crippen LogP contribution in [-0.4, -0.2) is 22.2 Å². The maximum atomic E-state index is 11.4. The van der Waals surface area contributed by atoms with Crippen molar-refractivity contribution >= 4 is 11.9 Å². The standard InChI is InChI=1S/C14H20O4/c1-7(2)5-10-6-8(3)9(4)11(13(15)16)12(10)14(17)18/h5,8-10H,6H2,1-4H3,(H,15,16)(H,17,18). The molecule has 0 aromatic rings. The minimum absolute atomic E-state index is 0.0503. The van der Waals surface area contributed by atoms with E-state index < -0.39 is 11.9 Å². The number of allylic oxidation sites excluding steroid dienone is 2. The van der Waals surface area contributed by atoms with E-state index >= 15 is 0 Å². The van der Waals surface area contributed by atoms with Crippen LogP contribution in [0.15, 0.2) is 22.8 Å².